The summed E-state index contributed by atoms with van der Waals surface area (Å²) >= 11 is 2.90. The zero-order valence-corrected chi connectivity index (χ0v) is 11.4. The Morgan fingerprint density at radius 3 is 2.89 bits per heavy atom. The number of thiophene rings is 1. The molecule has 0 radical (unpaired) electrons. The Balaban J connectivity index is 2.00. The van der Waals surface area contributed by atoms with E-state index in [1.807, 2.05) is 23.6 Å². The number of hydrogen-bond acceptors (Lipinski definition) is 5. The molecule has 0 unspecified atom stereocenters. The maximum absolute atomic E-state index is 12.7. The van der Waals surface area contributed by atoms with Gasteiger partial charge >= 0.3 is 0 Å². The fraction of sp³-hybridized carbons (Fsp3) is 0.182. The molecule has 0 fully saturated rings. The van der Waals surface area contributed by atoms with Gasteiger partial charge in [0.1, 0.15) is 0 Å². The van der Waals surface area contributed by atoms with Gasteiger partial charge in [-0.05, 0) is 36.2 Å². The minimum atomic E-state index is -2.68. The highest BCUT2D eigenvalue weighted by Crippen LogP contribution is 2.34. The minimum Gasteiger partial charge on any atom is -0.201 e. The van der Waals surface area contributed by atoms with Gasteiger partial charge in [-0.1, -0.05) is 6.07 Å². The molecular formula is C11H8F2N4S2. The monoisotopic (exact) mass is 298 g/mol. The van der Waals surface area contributed by atoms with Crippen LogP contribution in [0.4, 0.5) is 8.78 Å². The van der Waals surface area contributed by atoms with Crippen molar-refractivity contribution in [2.24, 2.45) is 5.10 Å². The average Bonchev–Trinajstić information content (AvgIpc) is 2.98. The lowest BCUT2D eigenvalue weighted by molar-refractivity contribution is 0.135. The molecule has 0 bridgehead atoms. The lowest BCUT2D eigenvalue weighted by Crippen LogP contribution is -2.09. The first-order valence-corrected chi connectivity index (χ1v) is 7.07. The van der Waals surface area contributed by atoms with Crippen LogP contribution in [0.3, 0.4) is 0 Å². The number of hydrogen-bond donors (Lipinski definition) is 0. The van der Waals surface area contributed by atoms with E-state index in [-0.39, 0.29) is 0 Å². The minimum absolute atomic E-state index is 0.365. The largest absolute Gasteiger partial charge is 0.299 e. The summed E-state index contributed by atoms with van der Waals surface area (Å²) in [6, 6.07) is 3.93. The van der Waals surface area contributed by atoms with E-state index in [9.17, 15) is 8.78 Å². The smallest absolute Gasteiger partial charge is 0.201 e. The Bertz CT molecular complexity index is 658. The van der Waals surface area contributed by atoms with Crippen LogP contribution in [0.25, 0.3) is 6.08 Å². The molecule has 1 aliphatic heterocycles. The normalized spacial score (nSPS) is 16.8. The molecule has 0 aliphatic carbocycles. The second-order valence-electron chi connectivity index (χ2n) is 3.76. The first kappa shape index (κ1) is 12.5. The van der Waals surface area contributed by atoms with Gasteiger partial charge in [0, 0.05) is 9.78 Å². The molecule has 0 amide bonds. The second-order valence-corrected chi connectivity index (χ2v) is 5.75. The van der Waals surface area contributed by atoms with E-state index in [4.69, 9.17) is 0 Å². The lowest BCUT2D eigenvalue weighted by atomic mass is 10.3. The molecule has 8 heteroatoms. The predicted octanol–water partition coefficient (Wildman–Crippen LogP) is 3.65. The zero-order chi connectivity index (χ0) is 13.4. The summed E-state index contributed by atoms with van der Waals surface area (Å²) in [4.78, 5) is 1.97. The fourth-order valence-electron chi connectivity index (χ4n) is 1.58. The second kappa shape index (κ2) is 4.86. The van der Waals surface area contributed by atoms with Crippen LogP contribution < -0.4 is 0 Å². The van der Waals surface area contributed by atoms with Crippen molar-refractivity contribution in [1.82, 2.24) is 14.9 Å². The predicted molar refractivity (Wildman–Crippen MR) is 71.6 cm³/mol. The van der Waals surface area contributed by atoms with E-state index in [0.29, 0.717) is 10.9 Å². The van der Waals surface area contributed by atoms with Gasteiger partial charge in [0.15, 0.2) is 0 Å². The molecular weight excluding hydrogens is 290 g/mol. The van der Waals surface area contributed by atoms with E-state index in [1.54, 1.807) is 18.3 Å². The van der Waals surface area contributed by atoms with Crippen molar-refractivity contribution in [2.75, 3.05) is 0 Å². The van der Waals surface area contributed by atoms with Crippen LogP contribution in [0.5, 0.6) is 0 Å². The summed E-state index contributed by atoms with van der Waals surface area (Å²) in [5, 5.41) is 13.7. The summed E-state index contributed by atoms with van der Waals surface area (Å²) in [7, 11) is 0. The third kappa shape index (κ3) is 2.33. The highest BCUT2D eigenvalue weighted by atomic mass is 32.2. The SMILES string of the molecule is CC1=Nn2c(nnc2C(F)F)SC1=Cc1cccs1. The number of rotatable bonds is 2. The van der Waals surface area contributed by atoms with Crippen molar-refractivity contribution in [3.63, 3.8) is 0 Å². The molecule has 4 nitrogen and oxygen atoms in total. The highest BCUT2D eigenvalue weighted by Gasteiger charge is 2.25. The Morgan fingerprint density at radius 1 is 1.37 bits per heavy atom. The van der Waals surface area contributed by atoms with Crippen LogP contribution in [-0.4, -0.2) is 20.6 Å². The molecule has 2 aromatic rings. The molecule has 0 atom stereocenters. The zero-order valence-electron chi connectivity index (χ0n) is 9.75. The first-order valence-electron chi connectivity index (χ1n) is 5.37. The van der Waals surface area contributed by atoms with Gasteiger partial charge in [0.05, 0.1) is 5.71 Å². The Labute approximate surface area is 115 Å². The van der Waals surface area contributed by atoms with Gasteiger partial charge in [-0.25, -0.2) is 8.78 Å². The number of allylic oxidation sites excluding steroid dienone is 1. The van der Waals surface area contributed by atoms with E-state index in [2.05, 4.69) is 15.3 Å². The molecule has 3 rings (SSSR count). The molecule has 19 heavy (non-hydrogen) atoms. The molecule has 2 aromatic heterocycles. The standard InChI is InChI=1S/C11H8F2N4S2/c1-6-8(5-7-3-2-4-18-7)19-11-15-14-10(9(12)13)17(11)16-6/h2-5,9H,1H3. The van der Waals surface area contributed by atoms with Crippen molar-refractivity contribution in [3.05, 3.63) is 33.1 Å². The van der Waals surface area contributed by atoms with Crippen molar-refractivity contribution in [3.8, 4) is 0 Å². The number of thioether (sulfide) groups is 1. The number of nitrogens with zero attached hydrogens (tertiary/aromatic N) is 4. The van der Waals surface area contributed by atoms with Gasteiger partial charge in [0.25, 0.3) is 6.43 Å². The van der Waals surface area contributed by atoms with Crippen molar-refractivity contribution in [2.45, 2.75) is 18.5 Å². The van der Waals surface area contributed by atoms with Gasteiger partial charge in [-0.15, -0.1) is 21.5 Å². The van der Waals surface area contributed by atoms with Crippen molar-refractivity contribution >= 4 is 34.9 Å². The van der Waals surface area contributed by atoms with Gasteiger partial charge in [-0.2, -0.15) is 9.78 Å². The van der Waals surface area contributed by atoms with Crippen molar-refractivity contribution in [1.29, 1.82) is 0 Å². The van der Waals surface area contributed by atoms with E-state index >= 15 is 0 Å². The van der Waals surface area contributed by atoms with Crippen LogP contribution in [-0.2, 0) is 0 Å². The van der Waals surface area contributed by atoms with Crippen molar-refractivity contribution < 1.29 is 8.78 Å². The lowest BCUT2D eigenvalue weighted by Gasteiger charge is -2.13. The quantitative estimate of drug-likeness (QED) is 0.850. The van der Waals surface area contributed by atoms with Gasteiger partial charge in [0.2, 0.25) is 11.0 Å². The topological polar surface area (TPSA) is 43.1 Å². The first-order chi connectivity index (χ1) is 9.15. The van der Waals surface area contributed by atoms with Gasteiger partial charge in [-0.3, -0.25) is 0 Å². The fourth-order valence-corrected chi connectivity index (χ4v) is 3.18. The van der Waals surface area contributed by atoms with Crippen LogP contribution in [0.1, 0.15) is 24.1 Å². The number of aromatic nitrogens is 3. The molecule has 1 aliphatic rings. The molecule has 3 heterocycles. The molecule has 0 saturated heterocycles. The summed E-state index contributed by atoms with van der Waals surface area (Å²) in [5.74, 6) is -0.419. The summed E-state index contributed by atoms with van der Waals surface area (Å²) in [6.07, 6.45) is -0.713. The Morgan fingerprint density at radius 2 is 2.21 bits per heavy atom. The maximum Gasteiger partial charge on any atom is 0.299 e. The number of halogens is 2. The third-order valence-corrected chi connectivity index (χ3v) is 4.35. The van der Waals surface area contributed by atoms with Crippen LogP contribution in [0.2, 0.25) is 0 Å². The average molecular weight is 298 g/mol. The van der Waals surface area contributed by atoms with E-state index in [1.165, 1.54) is 11.8 Å². The summed E-state index contributed by atoms with van der Waals surface area (Å²) in [6.45, 7) is 1.78. The van der Waals surface area contributed by atoms with Gasteiger partial charge < -0.3 is 0 Å². The molecule has 0 saturated carbocycles. The maximum atomic E-state index is 12.7. The number of fused-ring (bicyclic) bond motifs is 1. The van der Waals surface area contributed by atoms with E-state index < -0.39 is 12.2 Å². The van der Waals surface area contributed by atoms with Crippen LogP contribution >= 0.6 is 23.1 Å². The summed E-state index contributed by atoms with van der Waals surface area (Å²) < 4.78 is 26.5. The Hall–Kier alpha value is -1.54. The Kier molecular flexibility index (Phi) is 3.19. The summed E-state index contributed by atoms with van der Waals surface area (Å²) in [5.41, 5.74) is 0.674. The van der Waals surface area contributed by atoms with E-state index in [0.717, 1.165) is 14.5 Å². The highest BCUT2D eigenvalue weighted by molar-refractivity contribution is 8.04. The molecule has 0 aromatic carbocycles. The van der Waals surface area contributed by atoms with Crippen LogP contribution in [0, 0.1) is 0 Å². The molecule has 0 spiro atoms. The number of alkyl halides is 2. The van der Waals surface area contributed by atoms with Crippen LogP contribution in [0.15, 0.2) is 32.7 Å². The molecule has 98 valence electrons. The molecule has 0 N–H and O–H groups in total. The third-order valence-electron chi connectivity index (χ3n) is 2.46.